The number of aliphatic carboxylic acids is 1. The molecule has 3 N–H and O–H groups in total. The zero-order valence-corrected chi connectivity index (χ0v) is 18.8. The molecule has 2 aromatic rings. The molecule has 1 heterocycles. The molecule has 3 aliphatic rings. The standard InChI is InChI=1S/C26H28N2O6/c29-23(30)22-16(10-13-33-22)14-27-24(31)26(11-5-12-26)28-25(32)34-15-21-19-8-3-1-6-17(19)18-7-2-4-9-20(18)21/h1-4,6-9,16,21-22H,5,10-15H2,(H,27,31)(H,28,32)(H,29,30)/t16-,22-/m0/s1. The van der Waals surface area contributed by atoms with Crippen LogP contribution < -0.4 is 10.6 Å². The van der Waals surface area contributed by atoms with E-state index in [9.17, 15) is 19.5 Å². The summed E-state index contributed by atoms with van der Waals surface area (Å²) in [5, 5.41) is 14.9. The lowest BCUT2D eigenvalue weighted by Gasteiger charge is -2.40. The summed E-state index contributed by atoms with van der Waals surface area (Å²) in [6, 6.07) is 16.2. The van der Waals surface area contributed by atoms with Gasteiger partial charge in [0.15, 0.2) is 6.10 Å². The summed E-state index contributed by atoms with van der Waals surface area (Å²) in [5.74, 6) is -1.66. The second-order valence-corrected chi connectivity index (χ2v) is 9.27. The molecule has 8 heteroatoms. The highest BCUT2D eigenvalue weighted by molar-refractivity contribution is 5.91. The minimum atomic E-state index is -1.02. The SMILES string of the molecule is O=C(NC1(C(=O)NC[C@@H]2CCO[C@@H]2C(=O)O)CCC1)OCC1c2ccccc2-c2ccccc21. The van der Waals surface area contributed by atoms with Crippen LogP contribution in [0.25, 0.3) is 11.1 Å². The lowest BCUT2D eigenvalue weighted by molar-refractivity contribution is -0.149. The molecule has 1 aliphatic heterocycles. The number of nitrogens with one attached hydrogen (secondary N) is 2. The van der Waals surface area contributed by atoms with E-state index in [0.717, 1.165) is 28.7 Å². The molecule has 1 saturated heterocycles. The van der Waals surface area contributed by atoms with Crippen LogP contribution in [0, 0.1) is 5.92 Å². The van der Waals surface area contributed by atoms with Crippen LogP contribution in [-0.2, 0) is 19.1 Å². The van der Waals surface area contributed by atoms with Crippen LogP contribution >= 0.6 is 0 Å². The number of carboxylic acid groups (broad SMARTS) is 1. The highest BCUT2D eigenvalue weighted by Crippen LogP contribution is 2.44. The minimum absolute atomic E-state index is 0.0559. The summed E-state index contributed by atoms with van der Waals surface area (Å²) in [7, 11) is 0. The molecule has 34 heavy (non-hydrogen) atoms. The fourth-order valence-electron chi connectivity index (χ4n) is 5.28. The van der Waals surface area contributed by atoms with Gasteiger partial charge in [-0.3, -0.25) is 4.79 Å². The van der Waals surface area contributed by atoms with Gasteiger partial charge < -0.3 is 25.2 Å². The number of alkyl carbamates (subject to hydrolysis) is 1. The van der Waals surface area contributed by atoms with E-state index in [1.807, 2.05) is 24.3 Å². The molecule has 2 atom stereocenters. The van der Waals surface area contributed by atoms with Crippen LogP contribution in [0.4, 0.5) is 4.79 Å². The van der Waals surface area contributed by atoms with Gasteiger partial charge in [0.25, 0.3) is 0 Å². The van der Waals surface area contributed by atoms with E-state index in [0.29, 0.717) is 25.9 Å². The number of benzene rings is 2. The van der Waals surface area contributed by atoms with Crippen LogP contribution in [0.15, 0.2) is 48.5 Å². The van der Waals surface area contributed by atoms with Crippen molar-refractivity contribution in [2.45, 2.75) is 43.2 Å². The Labute approximate surface area is 197 Å². The highest BCUT2D eigenvalue weighted by atomic mass is 16.5. The van der Waals surface area contributed by atoms with Gasteiger partial charge in [0.05, 0.1) is 0 Å². The lowest BCUT2D eigenvalue weighted by atomic mass is 9.76. The van der Waals surface area contributed by atoms with Crippen molar-refractivity contribution in [1.82, 2.24) is 10.6 Å². The predicted octanol–water partition coefficient (Wildman–Crippen LogP) is 3.05. The third-order valence-electron chi connectivity index (χ3n) is 7.31. The first-order valence-electron chi connectivity index (χ1n) is 11.7. The lowest BCUT2D eigenvalue weighted by Crippen LogP contribution is -2.63. The maximum Gasteiger partial charge on any atom is 0.408 e. The molecule has 178 valence electrons. The molecule has 0 spiro atoms. The maximum atomic E-state index is 12.9. The highest BCUT2D eigenvalue weighted by Gasteiger charge is 2.46. The Kier molecular flexibility index (Phi) is 6.00. The van der Waals surface area contributed by atoms with Crippen LogP contribution in [0.3, 0.4) is 0 Å². The Bertz CT molecular complexity index is 1070. The van der Waals surface area contributed by atoms with Crippen molar-refractivity contribution in [2.75, 3.05) is 19.8 Å². The van der Waals surface area contributed by atoms with Gasteiger partial charge >= 0.3 is 12.1 Å². The molecule has 0 bridgehead atoms. The summed E-state index contributed by atoms with van der Waals surface area (Å²) in [6.07, 6.45) is 0.905. The molecular formula is C26H28N2O6. The summed E-state index contributed by atoms with van der Waals surface area (Å²) < 4.78 is 10.9. The summed E-state index contributed by atoms with van der Waals surface area (Å²) in [5.41, 5.74) is 3.54. The monoisotopic (exact) mass is 464 g/mol. The van der Waals surface area contributed by atoms with E-state index in [4.69, 9.17) is 9.47 Å². The van der Waals surface area contributed by atoms with Crippen molar-refractivity contribution in [1.29, 1.82) is 0 Å². The van der Waals surface area contributed by atoms with Crippen LogP contribution in [0.5, 0.6) is 0 Å². The van der Waals surface area contributed by atoms with E-state index >= 15 is 0 Å². The van der Waals surface area contributed by atoms with Gasteiger partial charge in [0.1, 0.15) is 12.1 Å². The van der Waals surface area contributed by atoms with Crippen molar-refractivity contribution in [3.63, 3.8) is 0 Å². The number of fused-ring (bicyclic) bond motifs is 3. The molecule has 2 aromatic carbocycles. The zero-order chi connectivity index (χ0) is 23.7. The third kappa shape index (κ3) is 4.03. The first-order valence-corrected chi connectivity index (χ1v) is 11.7. The second-order valence-electron chi connectivity index (χ2n) is 9.27. The van der Waals surface area contributed by atoms with Crippen molar-refractivity contribution >= 4 is 18.0 Å². The largest absolute Gasteiger partial charge is 0.479 e. The number of amides is 2. The Hall–Kier alpha value is -3.39. The Balaban J connectivity index is 1.19. The predicted molar refractivity (Wildman–Crippen MR) is 123 cm³/mol. The maximum absolute atomic E-state index is 12.9. The number of hydrogen-bond acceptors (Lipinski definition) is 5. The topological polar surface area (TPSA) is 114 Å². The molecule has 8 nitrogen and oxygen atoms in total. The molecule has 0 unspecified atom stereocenters. The first kappa shape index (κ1) is 22.4. The van der Waals surface area contributed by atoms with Crippen molar-refractivity contribution in [2.24, 2.45) is 5.92 Å². The van der Waals surface area contributed by atoms with E-state index in [-0.39, 0.29) is 30.9 Å². The quantitative estimate of drug-likeness (QED) is 0.580. The third-order valence-corrected chi connectivity index (χ3v) is 7.31. The Morgan fingerprint density at radius 3 is 2.26 bits per heavy atom. The number of rotatable bonds is 7. The van der Waals surface area contributed by atoms with E-state index in [1.54, 1.807) is 0 Å². The molecule has 2 aliphatic carbocycles. The first-order chi connectivity index (χ1) is 16.5. The number of hydrogen-bond donors (Lipinski definition) is 3. The van der Waals surface area contributed by atoms with Crippen molar-refractivity contribution in [3.8, 4) is 11.1 Å². The number of ether oxygens (including phenoxy) is 2. The van der Waals surface area contributed by atoms with Crippen LogP contribution in [0.1, 0.15) is 42.7 Å². The molecule has 2 fully saturated rings. The van der Waals surface area contributed by atoms with E-state index < -0.39 is 23.7 Å². The summed E-state index contributed by atoms with van der Waals surface area (Å²) in [6.45, 7) is 0.738. The molecule has 2 amide bonds. The average Bonchev–Trinajstić information content (AvgIpc) is 3.41. The zero-order valence-electron chi connectivity index (χ0n) is 18.8. The molecule has 0 radical (unpaired) electrons. The number of carboxylic acids is 1. The van der Waals surface area contributed by atoms with Crippen LogP contribution in [-0.4, -0.2) is 54.5 Å². The van der Waals surface area contributed by atoms with Crippen molar-refractivity contribution < 1.29 is 29.0 Å². The fraction of sp³-hybridized carbons (Fsp3) is 0.423. The van der Waals surface area contributed by atoms with Gasteiger partial charge in [0.2, 0.25) is 5.91 Å². The minimum Gasteiger partial charge on any atom is -0.479 e. The molecular weight excluding hydrogens is 436 g/mol. The van der Waals surface area contributed by atoms with E-state index in [2.05, 4.69) is 34.9 Å². The molecule has 0 aromatic heterocycles. The van der Waals surface area contributed by atoms with Gasteiger partial charge in [-0.1, -0.05) is 48.5 Å². The van der Waals surface area contributed by atoms with Gasteiger partial charge in [-0.2, -0.15) is 0 Å². The van der Waals surface area contributed by atoms with Crippen LogP contribution in [0.2, 0.25) is 0 Å². The van der Waals surface area contributed by atoms with Gasteiger partial charge in [0, 0.05) is 25.0 Å². The smallest absolute Gasteiger partial charge is 0.408 e. The number of carbonyl (C=O) groups excluding carboxylic acids is 2. The average molecular weight is 465 g/mol. The summed E-state index contributed by atoms with van der Waals surface area (Å²) >= 11 is 0. The number of carbonyl (C=O) groups is 3. The Morgan fingerprint density at radius 2 is 1.68 bits per heavy atom. The van der Waals surface area contributed by atoms with Gasteiger partial charge in [-0.05, 0) is 47.9 Å². The van der Waals surface area contributed by atoms with Gasteiger partial charge in [-0.25, -0.2) is 9.59 Å². The van der Waals surface area contributed by atoms with E-state index in [1.165, 1.54) is 0 Å². The summed E-state index contributed by atoms with van der Waals surface area (Å²) in [4.78, 5) is 37.0. The fourth-order valence-corrected chi connectivity index (χ4v) is 5.28. The second kappa shape index (κ2) is 9.10. The van der Waals surface area contributed by atoms with Crippen molar-refractivity contribution in [3.05, 3.63) is 59.7 Å². The normalized spacial score (nSPS) is 22.2. The van der Waals surface area contributed by atoms with Gasteiger partial charge in [-0.15, -0.1) is 0 Å². The molecule has 5 rings (SSSR count). The Morgan fingerprint density at radius 1 is 1.03 bits per heavy atom. The molecule has 1 saturated carbocycles.